The molecule has 132 valence electrons. The molecule has 2 saturated carbocycles. The number of fused-ring (bicyclic) bond motifs is 4. The molecule has 23 heavy (non-hydrogen) atoms. The predicted molar refractivity (Wildman–Crippen MR) is 92.0 cm³/mol. The summed E-state index contributed by atoms with van der Waals surface area (Å²) in [7, 11) is 0. The van der Waals surface area contributed by atoms with Gasteiger partial charge in [-0.1, -0.05) is 32.1 Å². The maximum Gasteiger partial charge on any atom is 0.300 e. The number of carboxylic acid groups (broad SMARTS) is 1. The molecular weight excluding hydrogens is 288 g/mol. The van der Waals surface area contributed by atoms with Crippen molar-refractivity contribution < 1.29 is 9.90 Å². The zero-order valence-electron chi connectivity index (χ0n) is 14.7. The second kappa shape index (κ2) is 7.10. The molecule has 0 aromatic heterocycles. The quantitative estimate of drug-likeness (QED) is 0.772. The molecule has 2 heterocycles. The first-order chi connectivity index (χ1) is 11.0. The van der Waals surface area contributed by atoms with E-state index in [0.29, 0.717) is 0 Å². The number of hydrogen-bond donors (Lipinski definition) is 2. The minimum absolute atomic E-state index is 0.0736. The standard InChI is InChI=1S/C17H30N2.C2H4O2/c18-17(11-13-4-1-5-14(10-13)12-17)19-15-6-2-7-16(19)9-3-8-15;1-2(3)4/h13-16H,1-12,18H2;1H3,(H,3,4)/t13-,14+,15?,16?,17-;. The van der Waals surface area contributed by atoms with E-state index in [1.165, 1.54) is 77.0 Å². The van der Waals surface area contributed by atoms with Crippen LogP contribution in [-0.2, 0) is 4.79 Å². The van der Waals surface area contributed by atoms with Gasteiger partial charge < -0.3 is 10.8 Å². The molecular formula is C19H34N2O2. The van der Waals surface area contributed by atoms with E-state index >= 15 is 0 Å². The van der Waals surface area contributed by atoms with Crippen molar-refractivity contribution in [3.63, 3.8) is 0 Å². The van der Waals surface area contributed by atoms with E-state index in [9.17, 15) is 0 Å². The van der Waals surface area contributed by atoms with Gasteiger partial charge in [0.15, 0.2) is 0 Å². The average Bonchev–Trinajstić information content (AvgIpc) is 2.45. The van der Waals surface area contributed by atoms with Crippen molar-refractivity contribution in [2.75, 3.05) is 0 Å². The molecule has 0 aromatic carbocycles. The monoisotopic (exact) mass is 322 g/mol. The Kier molecular flexibility index (Phi) is 5.32. The number of nitrogens with two attached hydrogens (primary N) is 1. The number of carbonyl (C=O) groups is 1. The Bertz CT molecular complexity index is 388. The third-order valence-electron chi connectivity index (χ3n) is 6.63. The molecule has 4 nitrogen and oxygen atoms in total. The summed E-state index contributed by atoms with van der Waals surface area (Å²) in [5.74, 6) is 1.06. The van der Waals surface area contributed by atoms with Crippen LogP contribution in [0.2, 0.25) is 0 Å². The molecule has 2 aliphatic heterocycles. The van der Waals surface area contributed by atoms with E-state index in [0.717, 1.165) is 30.8 Å². The SMILES string of the molecule is CC(=O)O.N[C@@]1(N2C3CCCC2CCC3)C[C@@H]2CCC[C@@H](C2)C1. The molecule has 0 radical (unpaired) electrons. The van der Waals surface area contributed by atoms with Crippen LogP contribution in [0.3, 0.4) is 0 Å². The molecule has 0 spiro atoms. The lowest BCUT2D eigenvalue weighted by Gasteiger charge is -2.59. The van der Waals surface area contributed by atoms with Crippen molar-refractivity contribution in [3.05, 3.63) is 0 Å². The maximum absolute atomic E-state index is 9.00. The number of nitrogens with zero attached hydrogens (tertiary/aromatic N) is 1. The van der Waals surface area contributed by atoms with Gasteiger partial charge in [-0.05, 0) is 56.8 Å². The summed E-state index contributed by atoms with van der Waals surface area (Å²) in [4.78, 5) is 11.9. The number of piperidine rings is 2. The number of rotatable bonds is 1. The Labute approximate surface area is 140 Å². The van der Waals surface area contributed by atoms with Crippen LogP contribution >= 0.6 is 0 Å². The largest absolute Gasteiger partial charge is 0.481 e. The highest BCUT2D eigenvalue weighted by atomic mass is 16.4. The fraction of sp³-hybridized carbons (Fsp3) is 0.947. The van der Waals surface area contributed by atoms with E-state index in [1.807, 2.05) is 0 Å². The second-order valence-electron chi connectivity index (χ2n) is 8.51. The van der Waals surface area contributed by atoms with Crippen molar-refractivity contribution in [2.45, 2.75) is 102 Å². The average molecular weight is 322 g/mol. The van der Waals surface area contributed by atoms with Gasteiger partial charge >= 0.3 is 0 Å². The Morgan fingerprint density at radius 2 is 1.35 bits per heavy atom. The van der Waals surface area contributed by atoms with Crippen molar-refractivity contribution in [1.82, 2.24) is 4.90 Å². The van der Waals surface area contributed by atoms with Gasteiger partial charge in [-0.2, -0.15) is 0 Å². The Hall–Kier alpha value is -0.610. The summed E-state index contributed by atoms with van der Waals surface area (Å²) in [6.07, 6.45) is 17.1. The van der Waals surface area contributed by atoms with Crippen LogP contribution in [0, 0.1) is 11.8 Å². The molecule has 4 fully saturated rings. The number of aliphatic carboxylic acids is 1. The van der Waals surface area contributed by atoms with Crippen LogP contribution in [-0.4, -0.2) is 33.7 Å². The third kappa shape index (κ3) is 3.90. The first-order valence-corrected chi connectivity index (χ1v) is 9.75. The summed E-state index contributed by atoms with van der Waals surface area (Å²) in [6, 6.07) is 1.66. The Balaban J connectivity index is 0.000000354. The molecule has 4 rings (SSSR count). The zero-order chi connectivity index (χ0) is 16.4. The third-order valence-corrected chi connectivity index (χ3v) is 6.63. The molecule has 3 atom stereocenters. The van der Waals surface area contributed by atoms with Crippen LogP contribution < -0.4 is 5.73 Å². The zero-order valence-corrected chi connectivity index (χ0v) is 14.7. The maximum atomic E-state index is 9.00. The van der Waals surface area contributed by atoms with Crippen LogP contribution in [0.4, 0.5) is 0 Å². The molecule has 4 aliphatic rings. The summed E-state index contributed by atoms with van der Waals surface area (Å²) in [5.41, 5.74) is 7.11. The molecule has 2 saturated heterocycles. The highest BCUT2D eigenvalue weighted by molar-refractivity contribution is 5.62. The van der Waals surface area contributed by atoms with Gasteiger partial charge in [0.1, 0.15) is 0 Å². The van der Waals surface area contributed by atoms with E-state index in [2.05, 4.69) is 4.90 Å². The fourth-order valence-corrected chi connectivity index (χ4v) is 6.12. The van der Waals surface area contributed by atoms with E-state index in [-0.39, 0.29) is 5.66 Å². The molecule has 0 unspecified atom stereocenters. The minimum atomic E-state index is -0.833. The lowest BCUT2D eigenvalue weighted by Crippen LogP contribution is -2.68. The number of hydrogen-bond acceptors (Lipinski definition) is 3. The van der Waals surface area contributed by atoms with Gasteiger partial charge in [0, 0.05) is 19.0 Å². The Morgan fingerprint density at radius 1 is 0.957 bits per heavy atom. The molecule has 3 N–H and O–H groups in total. The first-order valence-electron chi connectivity index (χ1n) is 9.75. The summed E-state index contributed by atoms with van der Waals surface area (Å²) in [5, 5.41) is 7.42. The van der Waals surface area contributed by atoms with Gasteiger partial charge in [-0.25, -0.2) is 0 Å². The minimum Gasteiger partial charge on any atom is -0.481 e. The van der Waals surface area contributed by atoms with Crippen LogP contribution in [0.5, 0.6) is 0 Å². The predicted octanol–water partition coefficient (Wildman–Crippen LogP) is 3.74. The molecule has 4 bridgehead atoms. The van der Waals surface area contributed by atoms with Crippen molar-refractivity contribution in [2.24, 2.45) is 17.6 Å². The van der Waals surface area contributed by atoms with Crippen LogP contribution in [0.25, 0.3) is 0 Å². The molecule has 2 aliphatic carbocycles. The smallest absolute Gasteiger partial charge is 0.300 e. The van der Waals surface area contributed by atoms with Gasteiger partial charge in [0.2, 0.25) is 0 Å². The van der Waals surface area contributed by atoms with Gasteiger partial charge in [-0.15, -0.1) is 0 Å². The van der Waals surface area contributed by atoms with Crippen molar-refractivity contribution in [3.8, 4) is 0 Å². The highest BCUT2D eigenvalue weighted by Crippen LogP contribution is 2.48. The van der Waals surface area contributed by atoms with Gasteiger partial charge in [-0.3, -0.25) is 9.69 Å². The van der Waals surface area contributed by atoms with Gasteiger partial charge in [0.05, 0.1) is 5.66 Å². The normalized spacial score (nSPS) is 43.2. The van der Waals surface area contributed by atoms with Crippen LogP contribution in [0.1, 0.15) is 84.0 Å². The van der Waals surface area contributed by atoms with Gasteiger partial charge in [0.25, 0.3) is 5.97 Å². The van der Waals surface area contributed by atoms with E-state index in [4.69, 9.17) is 15.6 Å². The van der Waals surface area contributed by atoms with E-state index < -0.39 is 5.97 Å². The molecule has 4 heteroatoms. The fourth-order valence-electron chi connectivity index (χ4n) is 6.12. The number of carboxylic acids is 1. The summed E-state index contributed by atoms with van der Waals surface area (Å²) >= 11 is 0. The molecule has 0 aromatic rings. The summed E-state index contributed by atoms with van der Waals surface area (Å²) < 4.78 is 0. The van der Waals surface area contributed by atoms with Crippen molar-refractivity contribution >= 4 is 5.97 Å². The Morgan fingerprint density at radius 3 is 1.78 bits per heavy atom. The molecule has 0 amide bonds. The first kappa shape index (κ1) is 17.2. The highest BCUT2D eigenvalue weighted by Gasteiger charge is 2.49. The van der Waals surface area contributed by atoms with Crippen LogP contribution in [0.15, 0.2) is 0 Å². The second-order valence-corrected chi connectivity index (χ2v) is 8.51. The lowest BCUT2D eigenvalue weighted by atomic mass is 9.66. The summed E-state index contributed by atoms with van der Waals surface area (Å²) in [6.45, 7) is 1.08. The lowest BCUT2D eigenvalue weighted by molar-refractivity contribution is -0.134. The van der Waals surface area contributed by atoms with E-state index in [1.54, 1.807) is 0 Å². The topological polar surface area (TPSA) is 66.6 Å². The van der Waals surface area contributed by atoms with Crippen molar-refractivity contribution in [1.29, 1.82) is 0 Å².